The zero-order valence-corrected chi connectivity index (χ0v) is 22.8. The average Bonchev–Trinajstić information content (AvgIpc) is 3.23. The van der Waals surface area contributed by atoms with Crippen LogP contribution in [0.1, 0.15) is 63.9 Å². The number of piperidine rings is 1. The lowest BCUT2D eigenvalue weighted by atomic mass is 9.92. The Morgan fingerprint density at radius 3 is 2.27 bits per heavy atom. The van der Waals surface area contributed by atoms with Gasteiger partial charge in [-0.2, -0.15) is 0 Å². The van der Waals surface area contributed by atoms with E-state index in [2.05, 4.69) is 39.4 Å². The number of anilines is 1. The summed E-state index contributed by atoms with van der Waals surface area (Å²) in [6, 6.07) is 13.5. The van der Waals surface area contributed by atoms with Gasteiger partial charge < -0.3 is 10.1 Å². The van der Waals surface area contributed by atoms with Crippen molar-refractivity contribution in [2.45, 2.75) is 57.3 Å². The number of ether oxygens (including phenoxy) is 1. The number of ketones is 2. The lowest BCUT2D eigenvalue weighted by Gasteiger charge is -2.40. The van der Waals surface area contributed by atoms with Gasteiger partial charge in [0.1, 0.15) is 5.78 Å². The second-order valence-electron chi connectivity index (χ2n) is 11.3. The van der Waals surface area contributed by atoms with Gasteiger partial charge >= 0.3 is 0 Å². The maximum absolute atomic E-state index is 13.3. The topological polar surface area (TPSA) is 99.3 Å². The van der Waals surface area contributed by atoms with Crippen LogP contribution in [0.2, 0.25) is 0 Å². The van der Waals surface area contributed by atoms with Crippen molar-refractivity contribution in [2.24, 2.45) is 0 Å². The van der Waals surface area contributed by atoms with E-state index in [-0.39, 0.29) is 30.8 Å². The average molecular weight is 545 g/mol. The van der Waals surface area contributed by atoms with E-state index in [4.69, 9.17) is 4.74 Å². The lowest BCUT2D eigenvalue weighted by molar-refractivity contribution is -0.132. The first-order valence-electron chi connectivity index (χ1n) is 14.4. The summed E-state index contributed by atoms with van der Waals surface area (Å²) in [4.78, 5) is 56.7. The molecule has 1 atom stereocenters. The van der Waals surface area contributed by atoms with Crippen molar-refractivity contribution in [2.75, 3.05) is 44.7 Å². The fraction of sp³-hybridized carbons (Fsp3) is 0.484. The Morgan fingerprint density at radius 2 is 1.55 bits per heavy atom. The number of fused-ring (bicyclic) bond motifs is 1. The number of amides is 2. The molecule has 6 rings (SSSR count). The van der Waals surface area contributed by atoms with Crippen LogP contribution in [0, 0.1) is 0 Å². The van der Waals surface area contributed by atoms with Crippen LogP contribution < -0.4 is 5.32 Å². The van der Waals surface area contributed by atoms with Crippen LogP contribution in [-0.4, -0.2) is 89.6 Å². The van der Waals surface area contributed by atoms with Crippen LogP contribution in [0.5, 0.6) is 0 Å². The molecule has 2 saturated heterocycles. The fourth-order valence-corrected chi connectivity index (χ4v) is 6.47. The van der Waals surface area contributed by atoms with Crippen molar-refractivity contribution in [1.82, 2.24) is 14.7 Å². The van der Waals surface area contributed by atoms with Crippen LogP contribution >= 0.6 is 0 Å². The number of nitrogens with zero attached hydrogens (tertiary/aromatic N) is 3. The monoisotopic (exact) mass is 544 g/mol. The molecule has 0 bridgehead atoms. The Labute approximate surface area is 234 Å². The molecule has 0 aromatic heterocycles. The molecule has 9 nitrogen and oxygen atoms in total. The van der Waals surface area contributed by atoms with E-state index < -0.39 is 17.9 Å². The summed E-state index contributed by atoms with van der Waals surface area (Å²) in [5, 5.41) is 3.33. The summed E-state index contributed by atoms with van der Waals surface area (Å²) in [7, 11) is 0. The maximum atomic E-state index is 13.3. The Balaban J connectivity index is 1.04. The molecule has 3 heterocycles. The van der Waals surface area contributed by atoms with Gasteiger partial charge in [0.15, 0.2) is 5.78 Å². The molecule has 40 heavy (non-hydrogen) atoms. The summed E-state index contributed by atoms with van der Waals surface area (Å²) in [6.45, 7) is 7.47. The van der Waals surface area contributed by atoms with Crippen molar-refractivity contribution in [3.05, 3.63) is 64.7 Å². The van der Waals surface area contributed by atoms with E-state index in [9.17, 15) is 19.2 Å². The van der Waals surface area contributed by atoms with Gasteiger partial charge in [-0.3, -0.25) is 33.9 Å². The highest BCUT2D eigenvalue weighted by Gasteiger charge is 2.45. The number of benzene rings is 2. The number of rotatable bonds is 7. The van der Waals surface area contributed by atoms with Gasteiger partial charge in [-0.25, -0.2) is 0 Å². The minimum absolute atomic E-state index is 0.139. The summed E-state index contributed by atoms with van der Waals surface area (Å²) in [5.41, 5.74) is 3.52. The maximum Gasteiger partial charge on any atom is 0.264 e. The van der Waals surface area contributed by atoms with Gasteiger partial charge in [0.25, 0.3) is 11.8 Å². The summed E-state index contributed by atoms with van der Waals surface area (Å²) >= 11 is 0. The molecule has 2 amide bonds. The van der Waals surface area contributed by atoms with Crippen molar-refractivity contribution in [1.29, 1.82) is 0 Å². The summed E-state index contributed by atoms with van der Waals surface area (Å²) in [6.07, 6.45) is 2.60. The smallest absolute Gasteiger partial charge is 0.264 e. The number of hydrogen-bond acceptors (Lipinski definition) is 8. The molecule has 2 aromatic rings. The van der Waals surface area contributed by atoms with E-state index >= 15 is 0 Å². The second-order valence-corrected chi connectivity index (χ2v) is 11.3. The number of likely N-dealkylation sites (tertiary alicyclic amines) is 1. The Morgan fingerprint density at radius 1 is 0.825 bits per heavy atom. The Bertz CT molecular complexity index is 1300. The van der Waals surface area contributed by atoms with Crippen molar-refractivity contribution in [3.8, 4) is 0 Å². The van der Waals surface area contributed by atoms with Crippen LogP contribution in [0.25, 0.3) is 0 Å². The van der Waals surface area contributed by atoms with E-state index in [0.717, 1.165) is 56.4 Å². The summed E-state index contributed by atoms with van der Waals surface area (Å²) in [5.74, 6) is -1.43. The quantitative estimate of drug-likeness (QED) is 0.420. The first-order valence-corrected chi connectivity index (χ1v) is 14.4. The fourth-order valence-electron chi connectivity index (χ4n) is 6.47. The lowest BCUT2D eigenvalue weighted by Crippen LogP contribution is -2.48. The molecule has 3 aliphatic heterocycles. The number of hydrogen-bond donors (Lipinski definition) is 1. The largest absolute Gasteiger partial charge is 0.380 e. The van der Waals surface area contributed by atoms with E-state index in [1.54, 1.807) is 18.2 Å². The minimum Gasteiger partial charge on any atom is -0.380 e. The zero-order chi connectivity index (χ0) is 27.6. The normalized spacial score (nSPS) is 23.1. The highest BCUT2D eigenvalue weighted by molar-refractivity contribution is 6.25. The van der Waals surface area contributed by atoms with Gasteiger partial charge in [-0.05, 0) is 55.6 Å². The second kappa shape index (κ2) is 11.6. The van der Waals surface area contributed by atoms with E-state index in [0.29, 0.717) is 29.4 Å². The van der Waals surface area contributed by atoms with E-state index in [1.165, 1.54) is 18.4 Å². The number of morpholine rings is 1. The molecular formula is C31H36N4O5. The third kappa shape index (κ3) is 5.46. The summed E-state index contributed by atoms with van der Waals surface area (Å²) < 4.78 is 5.50. The highest BCUT2D eigenvalue weighted by Crippen LogP contribution is 2.33. The zero-order valence-electron chi connectivity index (χ0n) is 22.8. The number of nitrogens with one attached hydrogen (secondary N) is 1. The number of carbonyl (C=O) groups excluding carboxylic acids is 4. The predicted molar refractivity (Wildman–Crippen MR) is 149 cm³/mol. The molecule has 9 heteroatoms. The Hall–Kier alpha value is -3.40. The third-order valence-electron chi connectivity index (χ3n) is 8.73. The molecule has 1 N–H and O–H groups in total. The molecule has 2 aromatic carbocycles. The van der Waals surface area contributed by atoms with Crippen LogP contribution in [0.15, 0.2) is 42.5 Å². The number of carbonyl (C=O) groups is 4. The van der Waals surface area contributed by atoms with Crippen LogP contribution in [0.3, 0.4) is 0 Å². The molecule has 3 fully saturated rings. The minimum atomic E-state index is -0.865. The molecular weight excluding hydrogens is 508 g/mol. The van der Waals surface area contributed by atoms with Crippen molar-refractivity contribution < 1.29 is 23.9 Å². The first-order chi connectivity index (χ1) is 19.5. The van der Waals surface area contributed by atoms with Crippen LogP contribution in [0.4, 0.5) is 5.69 Å². The molecule has 1 unspecified atom stereocenters. The molecule has 210 valence electrons. The van der Waals surface area contributed by atoms with Crippen LogP contribution in [-0.2, 0) is 27.4 Å². The van der Waals surface area contributed by atoms with Crippen molar-refractivity contribution in [3.63, 3.8) is 0 Å². The predicted octanol–water partition coefficient (Wildman–Crippen LogP) is 2.88. The van der Waals surface area contributed by atoms with Gasteiger partial charge in [0.05, 0.1) is 36.8 Å². The van der Waals surface area contributed by atoms with Crippen molar-refractivity contribution >= 4 is 29.1 Å². The van der Waals surface area contributed by atoms with Gasteiger partial charge in [-0.1, -0.05) is 30.3 Å². The molecule has 4 aliphatic rings. The van der Waals surface area contributed by atoms with Gasteiger partial charge in [0, 0.05) is 44.3 Å². The molecule has 0 spiro atoms. The molecule has 0 radical (unpaired) electrons. The standard InChI is InChI=1S/C31H36N4O5/c36-24-8-9-27(28(37)18-24)35-30(38)25-2-1-3-26(29(25)31(35)39)32-19-21-4-6-22(7-5-21)20-33-12-10-23(11-13-33)34-14-16-40-17-15-34/h1-7,23,27,32H,8-20H2. The third-order valence-corrected chi connectivity index (χ3v) is 8.73. The number of Topliss-reactive ketones (excluding diaryl/α,β-unsaturated/α-hetero) is 2. The van der Waals surface area contributed by atoms with E-state index in [1.807, 2.05) is 0 Å². The highest BCUT2D eigenvalue weighted by atomic mass is 16.5. The SMILES string of the molecule is O=C1CCC(N2C(=O)c3cccc(NCc4ccc(CN5CCC(N6CCOCC6)CC5)cc4)c3C2=O)C(=O)C1. The first kappa shape index (κ1) is 26.8. The molecule has 1 saturated carbocycles. The Kier molecular flexibility index (Phi) is 7.78. The number of imide groups is 1. The molecule has 1 aliphatic carbocycles. The van der Waals surface area contributed by atoms with Gasteiger partial charge in [-0.15, -0.1) is 0 Å². The van der Waals surface area contributed by atoms with Gasteiger partial charge in [0.2, 0.25) is 0 Å².